The lowest BCUT2D eigenvalue weighted by Gasteiger charge is -2.15. The zero-order chi connectivity index (χ0) is 12.0. The molecule has 2 unspecified atom stereocenters. The number of hydrogen-bond donors (Lipinski definition) is 1. The van der Waals surface area contributed by atoms with Crippen LogP contribution >= 0.6 is 11.8 Å². The van der Waals surface area contributed by atoms with Gasteiger partial charge in [-0.25, -0.2) is 0 Å². The first-order chi connectivity index (χ1) is 7.65. The van der Waals surface area contributed by atoms with Crippen LogP contribution in [-0.4, -0.2) is 11.5 Å². The molecular formula is C14H23NS. The predicted molar refractivity (Wildman–Crippen MR) is 74.9 cm³/mol. The molecule has 16 heavy (non-hydrogen) atoms. The Morgan fingerprint density at radius 1 is 1.25 bits per heavy atom. The maximum absolute atomic E-state index is 6.20. The van der Waals surface area contributed by atoms with Crippen LogP contribution in [0.15, 0.2) is 24.3 Å². The Bertz CT molecular complexity index is 311. The summed E-state index contributed by atoms with van der Waals surface area (Å²) >= 11 is 1.97. The highest BCUT2D eigenvalue weighted by atomic mass is 32.2. The lowest BCUT2D eigenvalue weighted by Crippen LogP contribution is -2.15. The Balaban J connectivity index is 2.41. The fourth-order valence-corrected chi connectivity index (χ4v) is 2.81. The van der Waals surface area contributed by atoms with Gasteiger partial charge in [0.15, 0.2) is 0 Å². The number of thioether (sulfide) groups is 1. The van der Waals surface area contributed by atoms with Crippen molar-refractivity contribution in [1.82, 2.24) is 0 Å². The molecule has 90 valence electrons. The smallest absolute Gasteiger partial charge is 0.0389 e. The first-order valence-corrected chi connectivity index (χ1v) is 7.19. The first-order valence-electron chi connectivity index (χ1n) is 6.04. The largest absolute Gasteiger partial charge is 0.323 e. The van der Waals surface area contributed by atoms with Crippen molar-refractivity contribution in [2.45, 2.75) is 33.2 Å². The monoisotopic (exact) mass is 237 g/mol. The van der Waals surface area contributed by atoms with Gasteiger partial charge in [-0.05, 0) is 29.7 Å². The second-order valence-electron chi connectivity index (χ2n) is 4.51. The molecule has 0 saturated carbocycles. The molecule has 0 aliphatic heterocycles. The van der Waals surface area contributed by atoms with Crippen LogP contribution in [0.3, 0.4) is 0 Å². The highest BCUT2D eigenvalue weighted by Crippen LogP contribution is 2.21. The number of aryl methyl sites for hydroxylation is 1. The van der Waals surface area contributed by atoms with Gasteiger partial charge in [-0.3, -0.25) is 0 Å². The molecule has 2 atom stereocenters. The van der Waals surface area contributed by atoms with Gasteiger partial charge in [-0.1, -0.05) is 44.5 Å². The zero-order valence-corrected chi connectivity index (χ0v) is 11.4. The molecule has 1 nitrogen and oxygen atoms in total. The standard InChI is InChI=1S/C14H23NS/c1-4-11(2)9-16-10-14(15)13-8-6-5-7-12(13)3/h5-8,11,14H,4,9-10,15H2,1-3H3. The van der Waals surface area contributed by atoms with Crippen LogP contribution in [0.4, 0.5) is 0 Å². The molecule has 1 aromatic carbocycles. The van der Waals surface area contributed by atoms with E-state index >= 15 is 0 Å². The van der Waals surface area contributed by atoms with Gasteiger partial charge in [-0.15, -0.1) is 0 Å². The molecule has 0 radical (unpaired) electrons. The van der Waals surface area contributed by atoms with Crippen molar-refractivity contribution in [1.29, 1.82) is 0 Å². The highest BCUT2D eigenvalue weighted by Gasteiger charge is 2.09. The Hall–Kier alpha value is -0.470. The summed E-state index contributed by atoms with van der Waals surface area (Å²) in [6.07, 6.45) is 1.26. The molecule has 2 heteroatoms. The minimum absolute atomic E-state index is 0.176. The summed E-state index contributed by atoms with van der Waals surface area (Å²) in [6.45, 7) is 6.67. The van der Waals surface area contributed by atoms with E-state index in [1.54, 1.807) is 0 Å². The summed E-state index contributed by atoms with van der Waals surface area (Å²) in [6, 6.07) is 8.59. The summed E-state index contributed by atoms with van der Waals surface area (Å²) in [4.78, 5) is 0. The molecule has 0 fully saturated rings. The molecule has 1 aromatic rings. The van der Waals surface area contributed by atoms with Crippen LogP contribution in [0.2, 0.25) is 0 Å². The molecular weight excluding hydrogens is 214 g/mol. The lowest BCUT2D eigenvalue weighted by molar-refractivity contribution is 0.636. The Morgan fingerprint density at radius 2 is 1.94 bits per heavy atom. The van der Waals surface area contributed by atoms with E-state index in [0.29, 0.717) is 0 Å². The van der Waals surface area contributed by atoms with E-state index in [1.165, 1.54) is 23.3 Å². The zero-order valence-electron chi connectivity index (χ0n) is 10.6. The summed E-state index contributed by atoms with van der Waals surface area (Å²) in [7, 11) is 0. The van der Waals surface area contributed by atoms with Crippen LogP contribution < -0.4 is 5.73 Å². The molecule has 0 aliphatic rings. The minimum Gasteiger partial charge on any atom is -0.323 e. The van der Waals surface area contributed by atoms with Crippen molar-refractivity contribution in [2.75, 3.05) is 11.5 Å². The van der Waals surface area contributed by atoms with E-state index in [4.69, 9.17) is 5.73 Å². The lowest BCUT2D eigenvalue weighted by atomic mass is 10.0. The normalized spacial score (nSPS) is 14.8. The van der Waals surface area contributed by atoms with Gasteiger partial charge in [0.05, 0.1) is 0 Å². The topological polar surface area (TPSA) is 26.0 Å². The Morgan fingerprint density at radius 3 is 2.56 bits per heavy atom. The molecule has 0 heterocycles. The molecule has 0 amide bonds. The third-order valence-corrected chi connectivity index (χ3v) is 4.38. The van der Waals surface area contributed by atoms with Crippen LogP contribution in [0.5, 0.6) is 0 Å². The molecule has 0 spiro atoms. The van der Waals surface area contributed by atoms with Gasteiger partial charge in [0.25, 0.3) is 0 Å². The van der Waals surface area contributed by atoms with Crippen molar-refractivity contribution in [3.63, 3.8) is 0 Å². The molecule has 0 bridgehead atoms. The number of hydrogen-bond acceptors (Lipinski definition) is 2. The summed E-state index contributed by atoms with van der Waals surface area (Å²) in [5.41, 5.74) is 8.80. The van der Waals surface area contributed by atoms with Gasteiger partial charge in [0, 0.05) is 11.8 Å². The van der Waals surface area contributed by atoms with E-state index in [0.717, 1.165) is 11.7 Å². The second-order valence-corrected chi connectivity index (χ2v) is 5.59. The number of benzene rings is 1. The van der Waals surface area contributed by atoms with Crippen molar-refractivity contribution in [3.8, 4) is 0 Å². The number of rotatable bonds is 6. The van der Waals surface area contributed by atoms with Gasteiger partial charge in [0.1, 0.15) is 0 Å². The molecule has 2 N–H and O–H groups in total. The maximum atomic E-state index is 6.20. The predicted octanol–water partition coefficient (Wildman–Crippen LogP) is 3.77. The molecule has 1 rings (SSSR count). The van der Waals surface area contributed by atoms with E-state index in [-0.39, 0.29) is 6.04 Å². The van der Waals surface area contributed by atoms with Gasteiger partial charge in [0.2, 0.25) is 0 Å². The van der Waals surface area contributed by atoms with E-state index in [1.807, 2.05) is 11.8 Å². The van der Waals surface area contributed by atoms with Crippen molar-refractivity contribution < 1.29 is 0 Å². The van der Waals surface area contributed by atoms with Crippen molar-refractivity contribution in [2.24, 2.45) is 11.7 Å². The fraction of sp³-hybridized carbons (Fsp3) is 0.571. The molecule has 0 saturated heterocycles. The second kappa shape index (κ2) is 6.97. The Kier molecular flexibility index (Phi) is 5.93. The van der Waals surface area contributed by atoms with Crippen molar-refractivity contribution in [3.05, 3.63) is 35.4 Å². The van der Waals surface area contributed by atoms with Crippen LogP contribution in [0, 0.1) is 12.8 Å². The number of nitrogens with two attached hydrogens (primary N) is 1. The van der Waals surface area contributed by atoms with E-state index in [2.05, 4.69) is 45.0 Å². The summed E-state index contributed by atoms with van der Waals surface area (Å²) in [5, 5.41) is 0. The SMILES string of the molecule is CCC(C)CSCC(N)c1ccccc1C. The van der Waals surface area contributed by atoms with Crippen LogP contribution in [0.1, 0.15) is 37.4 Å². The quantitative estimate of drug-likeness (QED) is 0.815. The maximum Gasteiger partial charge on any atom is 0.0389 e. The molecule has 0 aromatic heterocycles. The van der Waals surface area contributed by atoms with E-state index in [9.17, 15) is 0 Å². The van der Waals surface area contributed by atoms with Crippen LogP contribution in [0.25, 0.3) is 0 Å². The average molecular weight is 237 g/mol. The molecule has 0 aliphatic carbocycles. The summed E-state index contributed by atoms with van der Waals surface area (Å²) < 4.78 is 0. The van der Waals surface area contributed by atoms with Gasteiger partial charge in [-0.2, -0.15) is 11.8 Å². The van der Waals surface area contributed by atoms with Gasteiger partial charge >= 0.3 is 0 Å². The van der Waals surface area contributed by atoms with E-state index < -0.39 is 0 Å². The van der Waals surface area contributed by atoms with Crippen molar-refractivity contribution >= 4 is 11.8 Å². The minimum atomic E-state index is 0.176. The summed E-state index contributed by atoms with van der Waals surface area (Å²) in [5.74, 6) is 3.04. The third-order valence-electron chi connectivity index (χ3n) is 2.98. The fourth-order valence-electron chi connectivity index (χ4n) is 1.61. The highest BCUT2D eigenvalue weighted by molar-refractivity contribution is 7.99. The average Bonchev–Trinajstić information content (AvgIpc) is 2.29. The Labute approximate surface area is 104 Å². The van der Waals surface area contributed by atoms with Crippen LogP contribution in [-0.2, 0) is 0 Å². The van der Waals surface area contributed by atoms with Gasteiger partial charge < -0.3 is 5.73 Å². The first kappa shape index (κ1) is 13.6. The third kappa shape index (κ3) is 4.18.